The average molecular weight is 551 g/mol. The number of benzene rings is 2. The van der Waals surface area contributed by atoms with Gasteiger partial charge in [0.05, 0.1) is 22.3 Å². The summed E-state index contributed by atoms with van der Waals surface area (Å²) in [6.45, 7) is 6.62. The summed E-state index contributed by atoms with van der Waals surface area (Å²) < 4.78 is 16.1. The molecule has 1 saturated heterocycles. The average Bonchev–Trinajstić information content (AvgIpc) is 3.23. The third-order valence-corrected chi connectivity index (χ3v) is 7.22. The second-order valence-corrected chi connectivity index (χ2v) is 9.85. The Kier molecular flexibility index (Phi) is 7.00. The van der Waals surface area contributed by atoms with E-state index in [2.05, 4.69) is 27.8 Å². The summed E-state index contributed by atoms with van der Waals surface area (Å²) in [5.41, 5.74) is 2.97. The van der Waals surface area contributed by atoms with Crippen LogP contribution in [-0.2, 0) is 6.42 Å². The maximum Gasteiger partial charge on any atom is 0.255 e. The van der Waals surface area contributed by atoms with Crippen molar-refractivity contribution in [3.63, 3.8) is 0 Å². The predicted octanol–water partition coefficient (Wildman–Crippen LogP) is 5.33. The largest absolute Gasteiger partial charge is 0.352 e. The molecule has 0 bridgehead atoms. The second-order valence-electron chi connectivity index (χ2n) is 9.00. The summed E-state index contributed by atoms with van der Waals surface area (Å²) in [6.07, 6.45) is 2.80. The van der Waals surface area contributed by atoms with E-state index < -0.39 is 0 Å². The molecule has 4 aromatic rings. The molecule has 7 nitrogen and oxygen atoms in total. The lowest BCUT2D eigenvalue weighted by atomic mass is 10.1. The van der Waals surface area contributed by atoms with Gasteiger partial charge in [0.1, 0.15) is 17.5 Å². The lowest BCUT2D eigenvalue weighted by molar-refractivity contribution is 0.0745. The molecule has 0 saturated carbocycles. The number of hydrogen-bond donors (Lipinski definition) is 0. The fourth-order valence-corrected chi connectivity index (χ4v) is 5.02. The van der Waals surface area contributed by atoms with Crippen molar-refractivity contribution in [2.75, 3.05) is 31.1 Å². The van der Waals surface area contributed by atoms with Crippen LogP contribution >= 0.6 is 15.9 Å². The highest BCUT2D eigenvalue weighted by Crippen LogP contribution is 2.30. The first-order chi connectivity index (χ1) is 17.5. The molecule has 0 aliphatic carbocycles. The smallest absolute Gasteiger partial charge is 0.255 e. The van der Waals surface area contributed by atoms with Crippen molar-refractivity contribution in [3.8, 4) is 5.69 Å². The van der Waals surface area contributed by atoms with Crippen LogP contribution < -0.4 is 4.90 Å². The monoisotopic (exact) mass is 550 g/mol. The molecule has 36 heavy (non-hydrogen) atoms. The molecule has 2 aromatic heterocycles. The fraction of sp³-hybridized carbons (Fsp3) is 0.333. The first kappa shape index (κ1) is 24.4. The van der Waals surface area contributed by atoms with Crippen molar-refractivity contribution < 1.29 is 9.18 Å². The maximum absolute atomic E-state index is 13.6. The van der Waals surface area contributed by atoms with Crippen LogP contribution in [0.1, 0.15) is 41.6 Å². The lowest BCUT2D eigenvalue weighted by Crippen LogP contribution is -2.49. The third kappa shape index (κ3) is 4.72. The molecule has 0 spiro atoms. The molecule has 1 aliphatic heterocycles. The number of aryl methyl sites for hydroxylation is 2. The molecule has 0 atom stereocenters. The van der Waals surface area contributed by atoms with Gasteiger partial charge in [0, 0.05) is 37.1 Å². The number of nitrogens with zero attached hydrogens (tertiary/aromatic N) is 6. The fourth-order valence-electron chi connectivity index (χ4n) is 4.57. The third-order valence-electron chi connectivity index (χ3n) is 6.53. The highest BCUT2D eigenvalue weighted by atomic mass is 79.9. The minimum absolute atomic E-state index is 0.0268. The Morgan fingerprint density at radius 1 is 1.03 bits per heavy atom. The molecule has 1 fully saturated rings. The van der Waals surface area contributed by atoms with Crippen molar-refractivity contribution in [2.45, 2.75) is 33.1 Å². The van der Waals surface area contributed by atoms with E-state index in [0.717, 1.165) is 57.8 Å². The van der Waals surface area contributed by atoms with E-state index in [4.69, 9.17) is 15.1 Å². The van der Waals surface area contributed by atoms with Crippen LogP contribution in [-0.4, -0.2) is 56.7 Å². The van der Waals surface area contributed by atoms with Crippen molar-refractivity contribution >= 4 is 38.7 Å². The number of halogens is 2. The lowest BCUT2D eigenvalue weighted by Gasteiger charge is -2.36. The molecule has 0 unspecified atom stereocenters. The molecule has 186 valence electrons. The Labute approximate surface area is 218 Å². The summed E-state index contributed by atoms with van der Waals surface area (Å²) in [5, 5.41) is 5.65. The van der Waals surface area contributed by atoms with Crippen LogP contribution in [0.25, 0.3) is 16.7 Å². The SMILES string of the molecule is CCCCc1nc(N2CCN(C(=O)c3ccccc3Br)CC2)c2c(C)nn(-c3ccc(F)cc3)c2n1. The predicted molar refractivity (Wildman–Crippen MR) is 142 cm³/mol. The van der Waals surface area contributed by atoms with Gasteiger partial charge in [0.15, 0.2) is 5.65 Å². The van der Waals surface area contributed by atoms with E-state index in [1.54, 1.807) is 16.8 Å². The topological polar surface area (TPSA) is 67.2 Å². The van der Waals surface area contributed by atoms with Gasteiger partial charge in [0.2, 0.25) is 0 Å². The van der Waals surface area contributed by atoms with Crippen LogP contribution in [0.2, 0.25) is 0 Å². The quantitative estimate of drug-likeness (QED) is 0.324. The van der Waals surface area contributed by atoms with Gasteiger partial charge < -0.3 is 9.80 Å². The number of fused-ring (bicyclic) bond motifs is 1. The minimum atomic E-state index is -0.291. The summed E-state index contributed by atoms with van der Waals surface area (Å²) >= 11 is 3.50. The Balaban J connectivity index is 1.48. The molecule has 9 heteroatoms. The number of piperazine rings is 1. The molecule has 1 amide bonds. The van der Waals surface area contributed by atoms with Crippen LogP contribution in [0.3, 0.4) is 0 Å². The molecule has 2 aromatic carbocycles. The van der Waals surface area contributed by atoms with Crippen molar-refractivity contribution in [1.29, 1.82) is 0 Å². The zero-order valence-corrected chi connectivity index (χ0v) is 22.0. The molecule has 0 radical (unpaired) electrons. The Morgan fingerprint density at radius 2 is 1.75 bits per heavy atom. The number of hydrogen-bond acceptors (Lipinski definition) is 5. The Morgan fingerprint density at radius 3 is 2.44 bits per heavy atom. The number of aromatic nitrogens is 4. The van der Waals surface area contributed by atoms with Crippen LogP contribution in [0.5, 0.6) is 0 Å². The van der Waals surface area contributed by atoms with E-state index in [1.165, 1.54) is 12.1 Å². The summed E-state index contributed by atoms with van der Waals surface area (Å²) in [5.74, 6) is 1.36. The molecular weight excluding hydrogens is 523 g/mol. The zero-order valence-electron chi connectivity index (χ0n) is 20.4. The summed E-state index contributed by atoms with van der Waals surface area (Å²) in [4.78, 5) is 27.1. The van der Waals surface area contributed by atoms with Gasteiger partial charge in [-0.3, -0.25) is 4.79 Å². The van der Waals surface area contributed by atoms with Crippen molar-refractivity contribution in [2.24, 2.45) is 0 Å². The second kappa shape index (κ2) is 10.3. The zero-order chi connectivity index (χ0) is 25.2. The van der Waals surface area contributed by atoms with E-state index >= 15 is 0 Å². The minimum Gasteiger partial charge on any atom is -0.352 e. The number of unbranched alkanes of at least 4 members (excludes halogenated alkanes) is 1. The number of amides is 1. The molecular formula is C27H28BrFN6O. The van der Waals surface area contributed by atoms with Gasteiger partial charge >= 0.3 is 0 Å². The van der Waals surface area contributed by atoms with Gasteiger partial charge in [-0.2, -0.15) is 5.10 Å². The number of carbonyl (C=O) groups is 1. The van der Waals surface area contributed by atoms with Crippen molar-refractivity contribution in [1.82, 2.24) is 24.6 Å². The maximum atomic E-state index is 13.6. The normalized spacial score (nSPS) is 14.0. The molecule has 0 N–H and O–H groups in total. The highest BCUT2D eigenvalue weighted by Gasteiger charge is 2.27. The number of rotatable bonds is 6. The Hall–Kier alpha value is -3.33. The van der Waals surface area contributed by atoms with E-state index in [1.807, 2.05) is 36.1 Å². The number of carbonyl (C=O) groups excluding carboxylic acids is 1. The highest BCUT2D eigenvalue weighted by molar-refractivity contribution is 9.10. The first-order valence-corrected chi connectivity index (χ1v) is 13.1. The van der Waals surface area contributed by atoms with Gasteiger partial charge in [-0.25, -0.2) is 19.0 Å². The standard InChI is InChI=1S/C27H28BrFN6O/c1-3-4-9-23-30-25(24-18(2)32-35(26(24)31-23)20-12-10-19(29)11-13-20)33-14-16-34(17-15-33)27(36)21-7-5-6-8-22(21)28/h5-8,10-13H,3-4,9,14-17H2,1-2H3. The molecule has 5 rings (SSSR count). The van der Waals surface area contributed by atoms with Gasteiger partial charge in [-0.1, -0.05) is 25.5 Å². The van der Waals surface area contributed by atoms with Crippen molar-refractivity contribution in [3.05, 3.63) is 75.9 Å². The van der Waals surface area contributed by atoms with Crippen LogP contribution in [0, 0.1) is 12.7 Å². The van der Waals surface area contributed by atoms with E-state index in [9.17, 15) is 9.18 Å². The molecule has 3 heterocycles. The Bertz CT molecular complexity index is 1400. The van der Waals surface area contributed by atoms with Crippen LogP contribution in [0.15, 0.2) is 53.0 Å². The summed E-state index contributed by atoms with van der Waals surface area (Å²) in [6, 6.07) is 13.8. The number of anilines is 1. The van der Waals surface area contributed by atoms with Crippen LogP contribution in [0.4, 0.5) is 10.2 Å². The van der Waals surface area contributed by atoms with Gasteiger partial charge in [0.25, 0.3) is 5.91 Å². The first-order valence-electron chi connectivity index (χ1n) is 12.3. The summed E-state index contributed by atoms with van der Waals surface area (Å²) in [7, 11) is 0. The van der Waals surface area contributed by atoms with E-state index in [0.29, 0.717) is 31.7 Å². The van der Waals surface area contributed by atoms with Gasteiger partial charge in [-0.05, 0) is 65.7 Å². The van der Waals surface area contributed by atoms with E-state index in [-0.39, 0.29) is 11.7 Å². The van der Waals surface area contributed by atoms with Gasteiger partial charge in [-0.15, -0.1) is 0 Å². The molecule has 1 aliphatic rings.